The molecule has 0 aromatic heterocycles. The van der Waals surface area contributed by atoms with Gasteiger partial charge in [0.2, 0.25) is 12.4 Å². The first kappa shape index (κ1) is 25.9. The number of rotatable bonds is 7. The van der Waals surface area contributed by atoms with Crippen LogP contribution in [-0.2, 0) is 35.0 Å². The Labute approximate surface area is 233 Å². The van der Waals surface area contributed by atoms with Crippen molar-refractivity contribution in [1.82, 2.24) is 9.80 Å². The van der Waals surface area contributed by atoms with Crippen molar-refractivity contribution in [2.75, 3.05) is 59.8 Å². The van der Waals surface area contributed by atoms with E-state index in [2.05, 4.69) is 28.0 Å². The molecular formula is C30H36N2O8. The van der Waals surface area contributed by atoms with Crippen molar-refractivity contribution in [1.29, 1.82) is 0 Å². The van der Waals surface area contributed by atoms with E-state index in [4.69, 9.17) is 28.4 Å². The maximum atomic E-state index is 13.9. The van der Waals surface area contributed by atoms with Gasteiger partial charge in [0.1, 0.15) is 5.76 Å². The van der Waals surface area contributed by atoms with Crippen LogP contribution in [0, 0.1) is 0 Å². The molecule has 10 heteroatoms. The number of methoxy groups -OCH3 is 1. The molecule has 1 aliphatic carbocycles. The fourth-order valence-electron chi connectivity index (χ4n) is 7.35. The molecule has 0 bridgehead atoms. The molecule has 6 aliphatic rings. The van der Waals surface area contributed by atoms with Crippen LogP contribution in [0.1, 0.15) is 42.7 Å². The van der Waals surface area contributed by atoms with Crippen molar-refractivity contribution in [3.05, 3.63) is 47.2 Å². The largest absolute Gasteiger partial charge is 0.497 e. The van der Waals surface area contributed by atoms with Crippen LogP contribution in [0.5, 0.6) is 11.5 Å². The van der Waals surface area contributed by atoms with E-state index < -0.39 is 23.6 Å². The highest BCUT2D eigenvalue weighted by Gasteiger charge is 2.60. The summed E-state index contributed by atoms with van der Waals surface area (Å²) in [6.45, 7) is 6.04. The van der Waals surface area contributed by atoms with Gasteiger partial charge < -0.3 is 28.4 Å². The fourth-order valence-corrected chi connectivity index (χ4v) is 7.35. The second-order valence-electron chi connectivity index (χ2n) is 11.5. The van der Waals surface area contributed by atoms with Crippen molar-refractivity contribution in [3.63, 3.8) is 0 Å². The highest BCUT2D eigenvalue weighted by molar-refractivity contribution is 5.94. The van der Waals surface area contributed by atoms with Gasteiger partial charge in [0.05, 0.1) is 38.2 Å². The number of hydrogen-bond acceptors (Lipinski definition) is 10. The number of morpholine rings is 1. The van der Waals surface area contributed by atoms with Gasteiger partial charge >= 0.3 is 11.9 Å². The summed E-state index contributed by atoms with van der Waals surface area (Å²) in [4.78, 5) is 30.7. The summed E-state index contributed by atoms with van der Waals surface area (Å²) in [5.74, 6) is 1.02. The third-order valence-corrected chi connectivity index (χ3v) is 9.39. The number of benzene rings is 1. The number of carbonyl (C=O) groups excluding carboxylic acids is 2. The second-order valence-corrected chi connectivity index (χ2v) is 11.5. The number of ether oxygens (including phenoxy) is 6. The summed E-state index contributed by atoms with van der Waals surface area (Å²) in [5, 5.41) is 0. The van der Waals surface area contributed by atoms with Crippen LogP contribution in [0.2, 0.25) is 0 Å². The van der Waals surface area contributed by atoms with Crippen molar-refractivity contribution >= 4 is 11.9 Å². The van der Waals surface area contributed by atoms with E-state index in [-0.39, 0.29) is 31.1 Å². The zero-order valence-electron chi connectivity index (χ0n) is 22.9. The Hall–Kier alpha value is -3.08. The molecular weight excluding hydrogens is 516 g/mol. The number of cyclic esters (lactones) is 1. The standard InChI is InChI=1S/C30H36N2O8/c1-35-24-17-29-6-4-9-32(29)10-5-20-15-22-23(38-19-37-22)16-21(20)26(29)27(24)39-28(34)30(18-25(33)40-30)7-2-3-8-31-11-13-36-14-12-31/h2-3,15-17,26-27H,4-14,18-19H2,1H3/b3-2+/t26-,27-,29+,30+/m1/s1. The number of fused-ring (bicyclic) bond motifs is 3. The van der Waals surface area contributed by atoms with Gasteiger partial charge in [0.15, 0.2) is 17.6 Å². The smallest absolute Gasteiger partial charge is 0.352 e. The lowest BCUT2D eigenvalue weighted by Gasteiger charge is -2.41. The Morgan fingerprint density at radius 2 is 1.93 bits per heavy atom. The number of hydrogen-bond donors (Lipinski definition) is 0. The lowest BCUT2D eigenvalue weighted by Crippen LogP contribution is -2.56. The number of nitrogens with zero attached hydrogens (tertiary/aromatic N) is 2. The van der Waals surface area contributed by atoms with Crippen LogP contribution < -0.4 is 9.47 Å². The Kier molecular flexibility index (Phi) is 6.52. The van der Waals surface area contributed by atoms with Crippen LogP contribution in [-0.4, -0.2) is 98.8 Å². The molecule has 0 saturated carbocycles. The minimum atomic E-state index is -1.31. The lowest BCUT2D eigenvalue weighted by atomic mass is 9.77. The quantitative estimate of drug-likeness (QED) is 0.370. The summed E-state index contributed by atoms with van der Waals surface area (Å²) in [5.41, 5.74) is 0.632. The summed E-state index contributed by atoms with van der Waals surface area (Å²) in [6.07, 6.45) is 8.62. The Morgan fingerprint density at radius 3 is 2.70 bits per heavy atom. The molecule has 3 saturated heterocycles. The van der Waals surface area contributed by atoms with Crippen molar-refractivity contribution in [2.45, 2.75) is 55.3 Å². The molecule has 1 aromatic rings. The van der Waals surface area contributed by atoms with E-state index in [1.54, 1.807) is 7.11 Å². The summed E-state index contributed by atoms with van der Waals surface area (Å²) in [7, 11) is 1.63. The SMILES string of the molecule is COC1=C[C@]23CCCN2CCc2cc4c(cc2[C@@H]3[C@@H]1OC(=O)[C@]1(C/C=C/CN2CCOCC2)CC(=O)O1)OCO4. The second kappa shape index (κ2) is 10.1. The van der Waals surface area contributed by atoms with Gasteiger partial charge in [-0.25, -0.2) is 4.79 Å². The third kappa shape index (κ3) is 4.19. The fraction of sp³-hybridized carbons (Fsp3) is 0.600. The monoisotopic (exact) mass is 552 g/mol. The van der Waals surface area contributed by atoms with Gasteiger partial charge in [-0.15, -0.1) is 0 Å². The molecule has 3 fully saturated rings. The molecule has 5 heterocycles. The number of carbonyl (C=O) groups is 2. The average molecular weight is 553 g/mol. The maximum absolute atomic E-state index is 13.9. The molecule has 7 rings (SSSR count). The van der Waals surface area contributed by atoms with Gasteiger partial charge in [-0.2, -0.15) is 0 Å². The van der Waals surface area contributed by atoms with E-state index >= 15 is 0 Å². The first-order valence-corrected chi connectivity index (χ1v) is 14.3. The van der Waals surface area contributed by atoms with Gasteiger partial charge in [-0.1, -0.05) is 12.2 Å². The molecule has 214 valence electrons. The third-order valence-electron chi connectivity index (χ3n) is 9.39. The topological polar surface area (TPSA) is 96.0 Å². The Bertz CT molecular complexity index is 1250. The van der Waals surface area contributed by atoms with Crippen LogP contribution >= 0.6 is 0 Å². The van der Waals surface area contributed by atoms with Crippen LogP contribution in [0.4, 0.5) is 0 Å². The molecule has 10 nitrogen and oxygen atoms in total. The molecule has 0 unspecified atom stereocenters. The molecule has 0 radical (unpaired) electrons. The highest BCUT2D eigenvalue weighted by atomic mass is 16.7. The molecule has 4 atom stereocenters. The highest BCUT2D eigenvalue weighted by Crippen LogP contribution is 2.56. The van der Waals surface area contributed by atoms with Crippen molar-refractivity contribution < 1.29 is 38.0 Å². The molecule has 40 heavy (non-hydrogen) atoms. The first-order valence-electron chi connectivity index (χ1n) is 14.3. The summed E-state index contributed by atoms with van der Waals surface area (Å²) < 4.78 is 34.6. The normalized spacial score (nSPS) is 32.9. The van der Waals surface area contributed by atoms with Gasteiger partial charge in [0.25, 0.3) is 0 Å². The van der Waals surface area contributed by atoms with E-state index in [1.165, 1.54) is 5.56 Å². The predicted molar refractivity (Wildman–Crippen MR) is 142 cm³/mol. The summed E-state index contributed by atoms with van der Waals surface area (Å²) in [6, 6.07) is 4.14. The lowest BCUT2D eigenvalue weighted by molar-refractivity contribution is -0.210. The Morgan fingerprint density at radius 1 is 1.12 bits per heavy atom. The van der Waals surface area contributed by atoms with Crippen LogP contribution in [0.25, 0.3) is 0 Å². The van der Waals surface area contributed by atoms with Crippen molar-refractivity contribution in [2.24, 2.45) is 0 Å². The van der Waals surface area contributed by atoms with E-state index in [9.17, 15) is 9.59 Å². The van der Waals surface area contributed by atoms with Gasteiger partial charge in [0, 0.05) is 32.6 Å². The predicted octanol–water partition coefficient (Wildman–Crippen LogP) is 2.31. The molecule has 0 N–H and O–H groups in total. The van der Waals surface area contributed by atoms with Crippen LogP contribution in [0.15, 0.2) is 36.1 Å². The average Bonchev–Trinajstić information content (AvgIpc) is 3.64. The van der Waals surface area contributed by atoms with Gasteiger partial charge in [-0.05, 0) is 55.1 Å². The van der Waals surface area contributed by atoms with Crippen LogP contribution in [0.3, 0.4) is 0 Å². The number of esters is 2. The zero-order chi connectivity index (χ0) is 27.3. The minimum absolute atomic E-state index is 0.00366. The van der Waals surface area contributed by atoms with Gasteiger partial charge in [-0.3, -0.25) is 14.6 Å². The zero-order valence-corrected chi connectivity index (χ0v) is 22.9. The van der Waals surface area contributed by atoms with E-state index in [0.29, 0.717) is 11.5 Å². The molecule has 1 spiro atoms. The summed E-state index contributed by atoms with van der Waals surface area (Å²) >= 11 is 0. The molecule has 0 amide bonds. The molecule has 1 aromatic carbocycles. The minimum Gasteiger partial charge on any atom is -0.497 e. The van der Waals surface area contributed by atoms with E-state index in [1.807, 2.05) is 12.2 Å². The van der Waals surface area contributed by atoms with E-state index in [0.717, 1.165) is 76.5 Å². The maximum Gasteiger partial charge on any atom is 0.352 e. The first-order chi connectivity index (χ1) is 19.5. The van der Waals surface area contributed by atoms with Crippen molar-refractivity contribution in [3.8, 4) is 11.5 Å². The Balaban J connectivity index is 1.17. The molecule has 5 aliphatic heterocycles.